The topological polar surface area (TPSA) is 26.3 Å². The standard InChI is InChI=1S/C52H30O2/c1-2-12-31(13-3-1)50-38-17-6-8-19-40(38)51(41-20-9-7-18-39(41)50)42-26-25-34(35-14-4-5-15-36(35)42)32-23-27-48-45(28-32)46-30-44-33(29-49(46)53-48)22-24-43-37-16-10-11-21-47(37)54-52(43)44/h1-30H. The minimum Gasteiger partial charge on any atom is -0.456 e. The molecule has 0 radical (unpaired) electrons. The summed E-state index contributed by atoms with van der Waals surface area (Å²) < 4.78 is 12.9. The van der Waals surface area contributed by atoms with Gasteiger partial charge in [-0.15, -0.1) is 0 Å². The molecule has 250 valence electrons. The van der Waals surface area contributed by atoms with Crippen LogP contribution in [0.4, 0.5) is 0 Å². The molecule has 2 nitrogen and oxygen atoms in total. The monoisotopic (exact) mass is 686 g/mol. The molecule has 0 aliphatic rings. The highest BCUT2D eigenvalue weighted by molar-refractivity contribution is 6.25. The van der Waals surface area contributed by atoms with Crippen molar-refractivity contribution in [3.05, 3.63) is 182 Å². The van der Waals surface area contributed by atoms with Crippen molar-refractivity contribution in [2.45, 2.75) is 0 Å². The number of hydrogen-bond donors (Lipinski definition) is 0. The Balaban J connectivity index is 1.08. The average molecular weight is 687 g/mol. The Labute approximate surface area is 310 Å². The molecule has 0 bridgehead atoms. The molecule has 0 N–H and O–H groups in total. The molecule has 0 saturated heterocycles. The lowest BCUT2D eigenvalue weighted by atomic mass is 9.84. The summed E-state index contributed by atoms with van der Waals surface area (Å²) in [6, 6.07) is 65.7. The van der Waals surface area contributed by atoms with Crippen molar-refractivity contribution < 1.29 is 8.83 Å². The molecule has 0 aliphatic carbocycles. The van der Waals surface area contributed by atoms with Gasteiger partial charge in [-0.2, -0.15) is 0 Å². The van der Waals surface area contributed by atoms with E-state index in [0.29, 0.717) is 0 Å². The van der Waals surface area contributed by atoms with Crippen molar-refractivity contribution in [1.29, 1.82) is 0 Å². The van der Waals surface area contributed by atoms with E-state index in [1.165, 1.54) is 60.1 Å². The fraction of sp³-hybridized carbons (Fsp3) is 0. The Bertz CT molecular complexity index is 3430. The molecule has 0 atom stereocenters. The molecule has 10 aromatic carbocycles. The lowest BCUT2D eigenvalue weighted by Gasteiger charge is -2.19. The Hall–Kier alpha value is -7.16. The van der Waals surface area contributed by atoms with Gasteiger partial charge in [0.05, 0.1) is 0 Å². The van der Waals surface area contributed by atoms with Crippen LogP contribution in [0.1, 0.15) is 0 Å². The summed E-state index contributed by atoms with van der Waals surface area (Å²) in [5.74, 6) is 0. The molecular formula is C52H30O2. The largest absolute Gasteiger partial charge is 0.456 e. The first-order chi connectivity index (χ1) is 26.8. The zero-order chi connectivity index (χ0) is 35.3. The van der Waals surface area contributed by atoms with Gasteiger partial charge in [0.2, 0.25) is 0 Å². The Morgan fingerprint density at radius 3 is 1.57 bits per heavy atom. The van der Waals surface area contributed by atoms with E-state index < -0.39 is 0 Å². The predicted molar refractivity (Wildman–Crippen MR) is 227 cm³/mol. The minimum atomic E-state index is 0.877. The van der Waals surface area contributed by atoms with E-state index in [1.54, 1.807) is 0 Å². The van der Waals surface area contributed by atoms with Crippen molar-refractivity contribution in [3.63, 3.8) is 0 Å². The highest BCUT2D eigenvalue weighted by Gasteiger charge is 2.20. The summed E-state index contributed by atoms with van der Waals surface area (Å²) in [7, 11) is 0. The van der Waals surface area contributed by atoms with Gasteiger partial charge < -0.3 is 8.83 Å². The third-order valence-corrected chi connectivity index (χ3v) is 11.4. The van der Waals surface area contributed by atoms with Crippen LogP contribution in [-0.4, -0.2) is 0 Å². The summed E-state index contributed by atoms with van der Waals surface area (Å²) in [6.07, 6.45) is 0. The lowest BCUT2D eigenvalue weighted by Crippen LogP contribution is -1.92. The Kier molecular flexibility index (Phi) is 6.09. The molecule has 0 spiro atoms. The maximum Gasteiger partial charge on any atom is 0.143 e. The molecule has 54 heavy (non-hydrogen) atoms. The number of hydrogen-bond acceptors (Lipinski definition) is 2. The molecule has 2 aromatic heterocycles. The number of benzene rings is 10. The molecule has 0 saturated carbocycles. The van der Waals surface area contributed by atoms with Crippen LogP contribution in [0.2, 0.25) is 0 Å². The maximum atomic E-state index is 6.48. The molecule has 0 aliphatic heterocycles. The van der Waals surface area contributed by atoms with E-state index in [4.69, 9.17) is 8.83 Å². The van der Waals surface area contributed by atoms with Gasteiger partial charge in [-0.3, -0.25) is 0 Å². The first-order valence-electron chi connectivity index (χ1n) is 18.5. The summed E-state index contributed by atoms with van der Waals surface area (Å²) in [5, 5.41) is 14.1. The fourth-order valence-electron chi connectivity index (χ4n) is 9.05. The first kappa shape index (κ1) is 29.4. The van der Waals surface area contributed by atoms with Crippen molar-refractivity contribution >= 4 is 87.0 Å². The molecule has 2 heterocycles. The highest BCUT2D eigenvalue weighted by atomic mass is 16.3. The van der Waals surface area contributed by atoms with Gasteiger partial charge in [0.1, 0.15) is 22.3 Å². The fourth-order valence-corrected chi connectivity index (χ4v) is 9.05. The van der Waals surface area contributed by atoms with Crippen LogP contribution in [0.25, 0.3) is 120 Å². The Morgan fingerprint density at radius 2 is 0.833 bits per heavy atom. The van der Waals surface area contributed by atoms with Crippen LogP contribution in [0.5, 0.6) is 0 Å². The van der Waals surface area contributed by atoms with Gasteiger partial charge in [-0.1, -0.05) is 146 Å². The quantitative estimate of drug-likeness (QED) is 0.173. The lowest BCUT2D eigenvalue weighted by molar-refractivity contribution is 0.669. The van der Waals surface area contributed by atoms with E-state index in [2.05, 4.69) is 170 Å². The molecule has 12 aromatic rings. The molecule has 0 amide bonds. The molecule has 0 fully saturated rings. The maximum absolute atomic E-state index is 6.48. The predicted octanol–water partition coefficient (Wildman–Crippen LogP) is 15.1. The number of furan rings is 2. The van der Waals surface area contributed by atoms with Gasteiger partial charge in [0, 0.05) is 26.9 Å². The average Bonchev–Trinajstić information content (AvgIpc) is 3.80. The summed E-state index contributed by atoms with van der Waals surface area (Å²) >= 11 is 0. The number of rotatable bonds is 3. The van der Waals surface area contributed by atoms with Crippen LogP contribution in [0, 0.1) is 0 Å². The van der Waals surface area contributed by atoms with Crippen LogP contribution >= 0.6 is 0 Å². The third-order valence-electron chi connectivity index (χ3n) is 11.4. The zero-order valence-electron chi connectivity index (χ0n) is 29.1. The first-order valence-corrected chi connectivity index (χ1v) is 18.5. The van der Waals surface area contributed by atoms with Gasteiger partial charge in [0.15, 0.2) is 0 Å². The van der Waals surface area contributed by atoms with Crippen molar-refractivity contribution in [1.82, 2.24) is 0 Å². The number of fused-ring (bicyclic) bond motifs is 11. The van der Waals surface area contributed by atoms with Crippen LogP contribution in [0.3, 0.4) is 0 Å². The Morgan fingerprint density at radius 1 is 0.259 bits per heavy atom. The van der Waals surface area contributed by atoms with Crippen LogP contribution in [0.15, 0.2) is 191 Å². The summed E-state index contributed by atoms with van der Waals surface area (Å²) in [4.78, 5) is 0. The van der Waals surface area contributed by atoms with E-state index in [9.17, 15) is 0 Å². The second-order valence-corrected chi connectivity index (χ2v) is 14.3. The highest BCUT2D eigenvalue weighted by Crippen LogP contribution is 2.47. The third kappa shape index (κ3) is 4.17. The SMILES string of the molecule is c1ccc(-c2c3ccccc3c(-c3ccc(-c4ccc5oc6cc7ccc8c9ccccc9oc8c7cc6c5c4)c4ccccc34)c3ccccc23)cc1. The van der Waals surface area contributed by atoms with Crippen molar-refractivity contribution in [2.75, 3.05) is 0 Å². The van der Waals surface area contributed by atoms with Gasteiger partial charge in [0.25, 0.3) is 0 Å². The molecular weight excluding hydrogens is 657 g/mol. The van der Waals surface area contributed by atoms with Crippen LogP contribution in [-0.2, 0) is 0 Å². The summed E-state index contributed by atoms with van der Waals surface area (Å²) in [5.41, 5.74) is 10.9. The van der Waals surface area contributed by atoms with Crippen molar-refractivity contribution in [2.24, 2.45) is 0 Å². The molecule has 0 unspecified atom stereocenters. The summed E-state index contributed by atoms with van der Waals surface area (Å²) in [6.45, 7) is 0. The van der Waals surface area contributed by atoms with E-state index in [1.807, 2.05) is 12.1 Å². The van der Waals surface area contributed by atoms with E-state index >= 15 is 0 Å². The normalized spacial score (nSPS) is 12.1. The van der Waals surface area contributed by atoms with Gasteiger partial charge >= 0.3 is 0 Å². The van der Waals surface area contributed by atoms with E-state index in [0.717, 1.165) is 60.2 Å². The van der Waals surface area contributed by atoms with E-state index in [-0.39, 0.29) is 0 Å². The second kappa shape index (κ2) is 11.2. The molecule has 2 heteroatoms. The van der Waals surface area contributed by atoms with Crippen molar-refractivity contribution in [3.8, 4) is 33.4 Å². The van der Waals surface area contributed by atoms with Gasteiger partial charge in [-0.25, -0.2) is 0 Å². The van der Waals surface area contributed by atoms with Crippen LogP contribution < -0.4 is 0 Å². The number of para-hydroxylation sites is 1. The van der Waals surface area contributed by atoms with Gasteiger partial charge in [-0.05, 0) is 107 Å². The smallest absolute Gasteiger partial charge is 0.143 e. The zero-order valence-corrected chi connectivity index (χ0v) is 29.1. The minimum absolute atomic E-state index is 0.877. The molecule has 12 rings (SSSR count). The second-order valence-electron chi connectivity index (χ2n) is 14.3.